The average molecular weight is 212 g/mol. The molecule has 74 valence electrons. The average Bonchev–Trinajstić information content (AvgIpc) is 2.64. The molecule has 1 atom stereocenters. The van der Waals surface area contributed by atoms with E-state index in [1.165, 1.54) is 4.90 Å². The minimum absolute atomic E-state index is 0.0230. The second-order valence-corrected chi connectivity index (χ2v) is 3.97. The van der Waals surface area contributed by atoms with E-state index in [4.69, 9.17) is 5.11 Å². The minimum atomic E-state index is -1.09. The van der Waals surface area contributed by atoms with Gasteiger partial charge in [0, 0.05) is 7.05 Å². The summed E-state index contributed by atoms with van der Waals surface area (Å²) in [7, 11) is 1.57. The van der Waals surface area contributed by atoms with E-state index in [1.807, 2.05) is 0 Å². The molecule has 2 heterocycles. The maximum Gasteiger partial charge on any atom is 0.357 e. The molecule has 1 aromatic rings. The maximum atomic E-state index is 11.5. The van der Waals surface area contributed by atoms with Gasteiger partial charge in [-0.2, -0.15) is 4.37 Å². The fraction of sp³-hybridized carbons (Fsp3) is 0.375. The van der Waals surface area contributed by atoms with Gasteiger partial charge in [-0.25, -0.2) is 4.79 Å². The Kier molecular flexibility index (Phi) is 1.81. The summed E-state index contributed by atoms with van der Waals surface area (Å²) in [5, 5.41) is 8.83. The first-order valence-corrected chi connectivity index (χ1v) is 4.81. The summed E-state index contributed by atoms with van der Waals surface area (Å²) in [6, 6.07) is 0. The fourth-order valence-corrected chi connectivity index (χ4v) is 2.49. The number of anilines is 1. The van der Waals surface area contributed by atoms with Crippen LogP contribution in [0.1, 0.15) is 28.2 Å². The Balaban J connectivity index is 2.61. The molecule has 1 N–H and O–H groups in total. The number of aromatic carboxylic acids is 1. The van der Waals surface area contributed by atoms with Crippen LogP contribution in [-0.4, -0.2) is 28.4 Å². The van der Waals surface area contributed by atoms with Crippen LogP contribution in [0.5, 0.6) is 0 Å². The number of carbonyl (C=O) groups is 2. The topological polar surface area (TPSA) is 70.5 Å². The van der Waals surface area contributed by atoms with Crippen molar-refractivity contribution >= 4 is 29.1 Å². The lowest BCUT2D eigenvalue weighted by atomic mass is 10.1. The summed E-state index contributed by atoms with van der Waals surface area (Å²) in [6.07, 6.45) is 0. The first-order chi connectivity index (χ1) is 6.54. The molecule has 2 rings (SSSR count). The third kappa shape index (κ3) is 0.971. The molecule has 0 saturated carbocycles. The lowest BCUT2D eigenvalue weighted by molar-refractivity contribution is -0.118. The van der Waals surface area contributed by atoms with E-state index < -0.39 is 5.97 Å². The zero-order valence-corrected chi connectivity index (χ0v) is 8.46. The monoisotopic (exact) mass is 212 g/mol. The number of aromatic nitrogens is 1. The third-order valence-corrected chi connectivity index (χ3v) is 3.34. The molecule has 6 heteroatoms. The van der Waals surface area contributed by atoms with Gasteiger partial charge in [0.1, 0.15) is 0 Å². The molecule has 0 radical (unpaired) electrons. The van der Waals surface area contributed by atoms with Crippen molar-refractivity contribution in [1.82, 2.24) is 4.37 Å². The van der Waals surface area contributed by atoms with Gasteiger partial charge < -0.3 is 10.0 Å². The summed E-state index contributed by atoms with van der Waals surface area (Å²) >= 11 is 1.09. The number of carboxylic acid groups (broad SMARTS) is 1. The van der Waals surface area contributed by atoms with Gasteiger partial charge in [0.25, 0.3) is 0 Å². The molecule has 1 aliphatic rings. The van der Waals surface area contributed by atoms with Crippen molar-refractivity contribution in [2.75, 3.05) is 11.9 Å². The van der Waals surface area contributed by atoms with Crippen molar-refractivity contribution in [3.05, 3.63) is 10.6 Å². The Morgan fingerprint density at radius 1 is 1.64 bits per heavy atom. The van der Waals surface area contributed by atoms with E-state index in [0.29, 0.717) is 5.69 Å². The largest absolute Gasteiger partial charge is 0.476 e. The highest BCUT2D eigenvalue weighted by molar-refractivity contribution is 7.07. The molecular weight excluding hydrogens is 204 g/mol. The van der Waals surface area contributed by atoms with E-state index >= 15 is 0 Å². The van der Waals surface area contributed by atoms with E-state index in [9.17, 15) is 9.59 Å². The van der Waals surface area contributed by atoms with Crippen LogP contribution in [0.15, 0.2) is 0 Å². The number of hydrogen-bond donors (Lipinski definition) is 1. The first-order valence-electron chi connectivity index (χ1n) is 4.04. The van der Waals surface area contributed by atoms with Crippen LogP contribution < -0.4 is 4.90 Å². The summed E-state index contributed by atoms with van der Waals surface area (Å²) in [5.41, 5.74) is 0.435. The lowest BCUT2D eigenvalue weighted by Gasteiger charge is -2.09. The number of carbonyl (C=O) groups excluding carboxylic acids is 1. The minimum Gasteiger partial charge on any atom is -0.476 e. The first kappa shape index (κ1) is 9.14. The highest BCUT2D eigenvalue weighted by Gasteiger charge is 2.38. The second kappa shape index (κ2) is 2.78. The zero-order valence-electron chi connectivity index (χ0n) is 7.64. The number of rotatable bonds is 1. The third-order valence-electron chi connectivity index (χ3n) is 2.33. The number of likely N-dealkylation sites (N-methyl/N-ethyl adjacent to an activating group) is 1. The highest BCUT2D eigenvalue weighted by Crippen LogP contribution is 2.41. The Hall–Kier alpha value is -1.43. The van der Waals surface area contributed by atoms with E-state index in [-0.39, 0.29) is 17.5 Å². The Bertz CT molecular complexity index is 426. The van der Waals surface area contributed by atoms with Gasteiger partial charge in [0.05, 0.1) is 16.5 Å². The van der Waals surface area contributed by atoms with Crippen LogP contribution in [0.2, 0.25) is 0 Å². The molecule has 0 bridgehead atoms. The van der Waals surface area contributed by atoms with Crippen molar-refractivity contribution in [3.8, 4) is 0 Å². The van der Waals surface area contributed by atoms with Crippen molar-refractivity contribution in [2.24, 2.45) is 0 Å². The summed E-state index contributed by atoms with van der Waals surface area (Å²) in [5.74, 6) is -1.42. The predicted molar refractivity (Wildman–Crippen MR) is 50.9 cm³/mol. The maximum absolute atomic E-state index is 11.5. The van der Waals surface area contributed by atoms with Gasteiger partial charge in [-0.1, -0.05) is 0 Å². The Morgan fingerprint density at radius 3 is 2.86 bits per heavy atom. The molecule has 1 aliphatic heterocycles. The standard InChI is InChI=1S/C8H8N2O3S/c1-3-6-5(10(2)7(3)11)4(8(12)13)9-14-6/h3H,1-2H3,(H,12,13). The molecule has 1 aromatic heterocycles. The van der Waals surface area contributed by atoms with Gasteiger partial charge in [-0.05, 0) is 18.5 Å². The van der Waals surface area contributed by atoms with E-state index in [1.54, 1.807) is 14.0 Å². The molecule has 0 spiro atoms. The highest BCUT2D eigenvalue weighted by atomic mass is 32.1. The number of carboxylic acids is 1. The fourth-order valence-electron chi connectivity index (χ4n) is 1.56. The number of fused-ring (bicyclic) bond motifs is 1. The molecule has 1 amide bonds. The quantitative estimate of drug-likeness (QED) is 0.751. The van der Waals surface area contributed by atoms with Crippen LogP contribution in [0.4, 0.5) is 5.69 Å². The molecule has 0 aliphatic carbocycles. The summed E-state index contributed by atoms with van der Waals surface area (Å²) in [4.78, 5) is 24.4. The van der Waals surface area contributed by atoms with Crippen LogP contribution in [0.25, 0.3) is 0 Å². The molecule has 5 nitrogen and oxygen atoms in total. The number of amides is 1. The lowest BCUT2D eigenvalue weighted by Crippen LogP contribution is -2.24. The van der Waals surface area contributed by atoms with Crippen molar-refractivity contribution in [2.45, 2.75) is 12.8 Å². The Morgan fingerprint density at radius 2 is 2.29 bits per heavy atom. The molecule has 1 unspecified atom stereocenters. The number of hydrogen-bond acceptors (Lipinski definition) is 4. The van der Waals surface area contributed by atoms with Gasteiger partial charge in [0.15, 0.2) is 5.69 Å². The van der Waals surface area contributed by atoms with Gasteiger partial charge in [0.2, 0.25) is 5.91 Å². The van der Waals surface area contributed by atoms with Crippen molar-refractivity contribution < 1.29 is 14.7 Å². The second-order valence-electron chi connectivity index (χ2n) is 3.17. The SMILES string of the molecule is CC1C(=O)N(C)c2c(C(=O)O)nsc21. The molecule has 0 saturated heterocycles. The van der Waals surface area contributed by atoms with Crippen LogP contribution in [0, 0.1) is 0 Å². The smallest absolute Gasteiger partial charge is 0.357 e. The van der Waals surface area contributed by atoms with Crippen LogP contribution >= 0.6 is 11.5 Å². The predicted octanol–water partition coefficient (Wildman–Crippen LogP) is 0.921. The molecule has 14 heavy (non-hydrogen) atoms. The van der Waals surface area contributed by atoms with Gasteiger partial charge in [-0.15, -0.1) is 0 Å². The normalized spacial score (nSPS) is 20.0. The summed E-state index contributed by atoms with van der Waals surface area (Å²) < 4.78 is 3.82. The summed E-state index contributed by atoms with van der Waals surface area (Å²) in [6.45, 7) is 1.76. The van der Waals surface area contributed by atoms with Gasteiger partial charge in [-0.3, -0.25) is 4.79 Å². The van der Waals surface area contributed by atoms with E-state index in [0.717, 1.165) is 16.4 Å². The Labute approximate surface area is 84.1 Å². The van der Waals surface area contributed by atoms with Crippen LogP contribution in [0.3, 0.4) is 0 Å². The van der Waals surface area contributed by atoms with Crippen molar-refractivity contribution in [1.29, 1.82) is 0 Å². The molecule has 0 fully saturated rings. The number of nitrogens with zero attached hydrogens (tertiary/aromatic N) is 2. The van der Waals surface area contributed by atoms with E-state index in [2.05, 4.69) is 4.37 Å². The van der Waals surface area contributed by atoms with Crippen molar-refractivity contribution in [3.63, 3.8) is 0 Å². The zero-order chi connectivity index (χ0) is 10.5. The van der Waals surface area contributed by atoms with Crippen LogP contribution in [-0.2, 0) is 4.79 Å². The molecule has 0 aromatic carbocycles. The molecular formula is C8H8N2O3S. The van der Waals surface area contributed by atoms with Gasteiger partial charge >= 0.3 is 5.97 Å².